The van der Waals surface area contributed by atoms with E-state index in [9.17, 15) is 23.6 Å². The van der Waals surface area contributed by atoms with E-state index in [-0.39, 0.29) is 13.0 Å². The number of pyridine rings is 1. The zero-order valence-electron chi connectivity index (χ0n) is 19.4. The number of carbonyl (C=O) groups excluding carboxylic acids is 4. The summed E-state index contributed by atoms with van der Waals surface area (Å²) in [7, 11) is 0. The molecule has 0 unspecified atom stereocenters. The van der Waals surface area contributed by atoms with Crippen LogP contribution in [0.15, 0.2) is 79.0 Å². The first kappa shape index (κ1) is 24.7. The molecule has 3 aromatic rings. The van der Waals surface area contributed by atoms with E-state index in [1.807, 2.05) is 6.07 Å². The van der Waals surface area contributed by atoms with E-state index in [1.54, 1.807) is 48.7 Å². The maximum atomic E-state index is 13.2. The molecule has 0 saturated heterocycles. The molecule has 0 bridgehead atoms. The highest BCUT2D eigenvalue weighted by atomic mass is 19.1. The summed E-state index contributed by atoms with van der Waals surface area (Å²) in [6.07, 6.45) is 2.25. The zero-order chi connectivity index (χ0) is 25.5. The second kappa shape index (κ2) is 10.9. The predicted molar refractivity (Wildman–Crippen MR) is 130 cm³/mol. The Morgan fingerprint density at radius 1 is 0.889 bits per heavy atom. The summed E-state index contributed by atoms with van der Waals surface area (Å²) in [6, 6.07) is 18.2. The van der Waals surface area contributed by atoms with Crippen LogP contribution in [-0.4, -0.2) is 34.5 Å². The van der Waals surface area contributed by atoms with Crippen molar-refractivity contribution >= 4 is 29.2 Å². The molecule has 0 aliphatic heterocycles. The van der Waals surface area contributed by atoms with E-state index in [0.717, 1.165) is 5.56 Å². The van der Waals surface area contributed by atoms with Crippen molar-refractivity contribution in [2.75, 3.05) is 5.32 Å². The summed E-state index contributed by atoms with van der Waals surface area (Å²) in [5, 5.41) is 7.81. The number of rotatable bonds is 10. The van der Waals surface area contributed by atoms with Crippen LogP contribution in [0.25, 0.3) is 0 Å². The molecule has 9 heteroatoms. The monoisotopic (exact) mass is 488 g/mol. The first-order chi connectivity index (χ1) is 17.4. The molecular formula is C27H25FN4O4. The Hall–Kier alpha value is -4.40. The third-order valence-electron chi connectivity index (χ3n) is 6.01. The number of benzene rings is 2. The minimum absolute atomic E-state index is 0.0570. The molecule has 0 radical (unpaired) electrons. The Balaban J connectivity index is 1.45. The first-order valence-corrected chi connectivity index (χ1v) is 11.5. The van der Waals surface area contributed by atoms with Crippen molar-refractivity contribution in [3.63, 3.8) is 0 Å². The lowest BCUT2D eigenvalue weighted by atomic mass is 9.99. The molecule has 184 valence electrons. The lowest BCUT2D eigenvalue weighted by Crippen LogP contribution is -2.52. The van der Waals surface area contributed by atoms with Gasteiger partial charge in [0.15, 0.2) is 0 Å². The SMILES string of the molecule is O=C(NCc1ccccn1)C(=O)[C@@H](Cc1ccccc1)NC(=O)C1(C(=O)Nc2ccc(F)cc2)CC1. The molecule has 1 saturated carbocycles. The average Bonchev–Trinajstić information content (AvgIpc) is 3.71. The first-order valence-electron chi connectivity index (χ1n) is 11.5. The van der Waals surface area contributed by atoms with E-state index in [0.29, 0.717) is 24.2 Å². The van der Waals surface area contributed by atoms with E-state index in [1.165, 1.54) is 24.3 Å². The summed E-state index contributed by atoms with van der Waals surface area (Å²) >= 11 is 0. The van der Waals surface area contributed by atoms with Crippen LogP contribution in [-0.2, 0) is 32.1 Å². The molecule has 2 aromatic carbocycles. The van der Waals surface area contributed by atoms with Crippen LogP contribution in [0.4, 0.5) is 10.1 Å². The molecule has 1 aromatic heterocycles. The molecule has 8 nitrogen and oxygen atoms in total. The molecule has 1 aliphatic carbocycles. The fourth-order valence-electron chi connectivity index (χ4n) is 3.74. The number of carbonyl (C=O) groups is 4. The van der Waals surface area contributed by atoms with E-state index < -0.39 is 40.8 Å². The van der Waals surface area contributed by atoms with Gasteiger partial charge in [-0.15, -0.1) is 0 Å². The third kappa shape index (κ3) is 5.99. The van der Waals surface area contributed by atoms with Crippen LogP contribution in [0.3, 0.4) is 0 Å². The molecule has 0 spiro atoms. The largest absolute Gasteiger partial charge is 0.344 e. The number of nitrogens with one attached hydrogen (secondary N) is 3. The minimum Gasteiger partial charge on any atom is -0.344 e. The van der Waals surface area contributed by atoms with Crippen molar-refractivity contribution in [1.29, 1.82) is 0 Å². The van der Waals surface area contributed by atoms with E-state index in [2.05, 4.69) is 20.9 Å². The average molecular weight is 489 g/mol. The number of nitrogens with zero attached hydrogens (tertiary/aromatic N) is 1. The van der Waals surface area contributed by atoms with Gasteiger partial charge in [-0.3, -0.25) is 24.2 Å². The summed E-state index contributed by atoms with van der Waals surface area (Å²) in [5.41, 5.74) is 0.325. The normalized spacial score (nSPS) is 14.2. The Bertz CT molecular complexity index is 1250. The van der Waals surface area contributed by atoms with Crippen LogP contribution in [0.1, 0.15) is 24.1 Å². The number of Topliss-reactive ketones (excluding diaryl/α,β-unsaturated/α-hetero) is 1. The standard InChI is InChI=1S/C27H25FN4O4/c28-19-9-11-20(12-10-19)31-25(35)27(13-14-27)26(36)32-22(16-18-6-2-1-3-7-18)23(33)24(34)30-17-21-8-4-5-15-29-21/h1-12,15,22H,13-14,16-17H2,(H,30,34)(H,31,35)(H,32,36)/t22-/m1/s1. The number of halogens is 1. The molecular weight excluding hydrogens is 463 g/mol. The van der Waals surface area contributed by atoms with Gasteiger partial charge < -0.3 is 16.0 Å². The Morgan fingerprint density at radius 3 is 2.22 bits per heavy atom. The van der Waals surface area contributed by atoms with Gasteiger partial charge in [0, 0.05) is 18.3 Å². The predicted octanol–water partition coefficient (Wildman–Crippen LogP) is 2.55. The topological polar surface area (TPSA) is 117 Å². The lowest BCUT2D eigenvalue weighted by Gasteiger charge is -2.21. The van der Waals surface area contributed by atoms with Crippen molar-refractivity contribution in [3.05, 3.63) is 96.1 Å². The minimum atomic E-state index is -1.35. The summed E-state index contributed by atoms with van der Waals surface area (Å²) in [5.74, 6) is -3.30. The van der Waals surface area contributed by atoms with Crippen molar-refractivity contribution in [2.45, 2.75) is 31.8 Å². The molecule has 1 fully saturated rings. The second-order valence-corrected chi connectivity index (χ2v) is 8.63. The molecule has 36 heavy (non-hydrogen) atoms. The lowest BCUT2D eigenvalue weighted by molar-refractivity contribution is -0.141. The van der Waals surface area contributed by atoms with Gasteiger partial charge in [-0.25, -0.2) is 4.39 Å². The van der Waals surface area contributed by atoms with E-state index in [4.69, 9.17) is 0 Å². The van der Waals surface area contributed by atoms with Gasteiger partial charge in [0.25, 0.3) is 5.91 Å². The molecule has 3 amide bonds. The van der Waals surface area contributed by atoms with Gasteiger partial charge in [0.1, 0.15) is 17.3 Å². The Labute approximate surface area is 207 Å². The number of hydrogen-bond donors (Lipinski definition) is 3. The zero-order valence-corrected chi connectivity index (χ0v) is 19.4. The van der Waals surface area contributed by atoms with Crippen LogP contribution in [0, 0.1) is 11.2 Å². The van der Waals surface area contributed by atoms with Crippen LogP contribution in [0.2, 0.25) is 0 Å². The van der Waals surface area contributed by atoms with Crippen LogP contribution < -0.4 is 16.0 Å². The summed E-state index contributed by atoms with van der Waals surface area (Å²) < 4.78 is 13.2. The third-order valence-corrected chi connectivity index (χ3v) is 6.01. The number of aromatic nitrogens is 1. The van der Waals surface area contributed by atoms with Crippen molar-refractivity contribution in [1.82, 2.24) is 15.6 Å². The number of amides is 3. The van der Waals surface area contributed by atoms with Gasteiger partial charge in [0.05, 0.1) is 12.2 Å². The van der Waals surface area contributed by atoms with Gasteiger partial charge in [-0.05, 0) is 54.8 Å². The molecule has 3 N–H and O–H groups in total. The maximum Gasteiger partial charge on any atom is 0.289 e. The van der Waals surface area contributed by atoms with Crippen molar-refractivity contribution < 1.29 is 23.6 Å². The Kier molecular flexibility index (Phi) is 7.48. The highest BCUT2D eigenvalue weighted by Crippen LogP contribution is 2.47. The number of hydrogen-bond acceptors (Lipinski definition) is 5. The van der Waals surface area contributed by atoms with Gasteiger partial charge in [-0.1, -0.05) is 36.4 Å². The fraction of sp³-hybridized carbons (Fsp3) is 0.222. The molecule has 1 atom stereocenters. The maximum absolute atomic E-state index is 13.2. The van der Waals surface area contributed by atoms with Gasteiger partial charge in [0.2, 0.25) is 17.6 Å². The van der Waals surface area contributed by atoms with Crippen molar-refractivity contribution in [3.8, 4) is 0 Å². The summed E-state index contributed by atoms with van der Waals surface area (Å²) in [4.78, 5) is 55.9. The fourth-order valence-corrected chi connectivity index (χ4v) is 3.74. The highest BCUT2D eigenvalue weighted by molar-refractivity contribution is 6.38. The molecule has 1 aliphatic rings. The summed E-state index contributed by atoms with van der Waals surface area (Å²) in [6.45, 7) is 0.0570. The molecule has 1 heterocycles. The number of ketones is 1. The second-order valence-electron chi connectivity index (χ2n) is 8.63. The van der Waals surface area contributed by atoms with E-state index >= 15 is 0 Å². The van der Waals surface area contributed by atoms with Gasteiger partial charge in [-0.2, -0.15) is 0 Å². The van der Waals surface area contributed by atoms with Crippen LogP contribution >= 0.6 is 0 Å². The van der Waals surface area contributed by atoms with Crippen molar-refractivity contribution in [2.24, 2.45) is 5.41 Å². The smallest absolute Gasteiger partial charge is 0.289 e. The van der Waals surface area contributed by atoms with Crippen LogP contribution in [0.5, 0.6) is 0 Å². The highest BCUT2D eigenvalue weighted by Gasteiger charge is 2.57. The number of anilines is 1. The molecule has 4 rings (SSSR count). The quantitative estimate of drug-likeness (QED) is 0.300. The Morgan fingerprint density at radius 2 is 1.58 bits per heavy atom. The van der Waals surface area contributed by atoms with Gasteiger partial charge >= 0.3 is 0 Å².